The van der Waals surface area contributed by atoms with Gasteiger partial charge in [0.25, 0.3) is 0 Å². The van der Waals surface area contributed by atoms with Crippen molar-refractivity contribution in [1.29, 1.82) is 0 Å². The van der Waals surface area contributed by atoms with Crippen molar-refractivity contribution in [3.63, 3.8) is 0 Å². The third-order valence-corrected chi connectivity index (χ3v) is 27.6. The summed E-state index contributed by atoms with van der Waals surface area (Å²) in [5.74, 6) is -0.579. The molecule has 7 nitrogen and oxygen atoms in total. The minimum atomic E-state index is -3.89. The summed E-state index contributed by atoms with van der Waals surface area (Å²) < 4.78 is 40.7. The Morgan fingerprint density at radius 1 is 0.830 bits per heavy atom. The zero-order valence-corrected chi connectivity index (χ0v) is 31.9. The van der Waals surface area contributed by atoms with E-state index in [-0.39, 0.29) is 29.7 Å². The third-order valence-electron chi connectivity index (χ3n) is 9.99. The molecule has 3 aromatic carbocycles. The van der Waals surface area contributed by atoms with Gasteiger partial charge in [0, 0.05) is 6.54 Å². The summed E-state index contributed by atoms with van der Waals surface area (Å²) in [7, 11) is -3.89. The summed E-state index contributed by atoms with van der Waals surface area (Å²) in [6.45, 7) is 7.77. The minimum absolute atomic E-state index is 0.0327. The van der Waals surface area contributed by atoms with E-state index in [1.54, 1.807) is 9.65 Å². The molecule has 0 bridgehead atoms. The van der Waals surface area contributed by atoms with Gasteiger partial charge >= 0.3 is 214 Å². The number of hydrogen-bond acceptors (Lipinski definition) is 5. The average Bonchev–Trinajstić information content (AvgIpc) is 3.67. The Bertz CT molecular complexity index is 1610. The van der Waals surface area contributed by atoms with Crippen molar-refractivity contribution in [3.05, 3.63) is 83.9 Å². The number of ketones is 1. The predicted octanol–water partition coefficient (Wildman–Crippen LogP) is 7.70. The van der Waals surface area contributed by atoms with Crippen molar-refractivity contribution < 1.29 is 22.7 Å². The maximum absolute atomic E-state index is 13.8. The molecule has 1 fully saturated rings. The van der Waals surface area contributed by atoms with Gasteiger partial charge in [-0.3, -0.25) is 0 Å². The van der Waals surface area contributed by atoms with Crippen molar-refractivity contribution in [2.45, 2.75) is 103 Å². The number of para-hydroxylation sites is 1. The number of fused-ring (bicyclic) bond motifs is 1. The number of sulfonamides is 1. The zero-order chi connectivity index (χ0) is 33.4. The Morgan fingerprint density at radius 2 is 1.47 bits per heavy atom. The van der Waals surface area contributed by atoms with E-state index in [9.17, 15) is 18.0 Å². The summed E-state index contributed by atoms with van der Waals surface area (Å²) in [5, 5.41) is 0. The Balaban J connectivity index is 1.34. The molecule has 0 spiro atoms. The normalized spacial score (nSPS) is 17.0. The van der Waals surface area contributed by atoms with Gasteiger partial charge in [0.05, 0.1) is 6.04 Å². The van der Waals surface area contributed by atoms with E-state index in [1.165, 1.54) is 73.2 Å². The maximum atomic E-state index is 13.8. The molecule has 0 aliphatic carbocycles. The molecule has 2 heterocycles. The predicted molar refractivity (Wildman–Crippen MR) is 192 cm³/mol. The van der Waals surface area contributed by atoms with E-state index in [0.717, 1.165) is 12.0 Å². The van der Waals surface area contributed by atoms with Gasteiger partial charge in [-0.25, -0.2) is 0 Å². The fourth-order valence-corrected chi connectivity index (χ4v) is 24.9. The molecule has 47 heavy (non-hydrogen) atoms. The molecule has 5 rings (SSSR count). The van der Waals surface area contributed by atoms with Gasteiger partial charge in [-0.1, -0.05) is 18.2 Å². The molecule has 1 atom stereocenters. The van der Waals surface area contributed by atoms with Gasteiger partial charge in [-0.2, -0.15) is 0 Å². The molecule has 0 aromatic heterocycles. The second kappa shape index (κ2) is 16.1. The van der Waals surface area contributed by atoms with Crippen LogP contribution in [0.4, 0.5) is 5.69 Å². The van der Waals surface area contributed by atoms with E-state index >= 15 is 0 Å². The van der Waals surface area contributed by atoms with E-state index in [1.807, 2.05) is 30.3 Å². The number of hydrogen-bond donors (Lipinski definition) is 0. The summed E-state index contributed by atoms with van der Waals surface area (Å²) in [4.78, 5) is 28.0. The zero-order valence-electron chi connectivity index (χ0n) is 28.2. The molecular weight excluding hydrogens is 715 g/mol. The molecule has 2 aliphatic heterocycles. The number of ether oxygens (including phenoxy) is 1. The van der Waals surface area contributed by atoms with E-state index in [2.05, 4.69) is 45.0 Å². The number of unbranched alkanes of at least 4 members (excludes halogenated alkanes) is 3. The van der Waals surface area contributed by atoms with Crippen molar-refractivity contribution in [1.82, 2.24) is 4.31 Å². The first-order chi connectivity index (χ1) is 22.7. The van der Waals surface area contributed by atoms with Crippen molar-refractivity contribution >= 4 is 49.4 Å². The van der Waals surface area contributed by atoms with Gasteiger partial charge in [0.15, 0.2) is 0 Å². The number of carbonyl (C=O) groups excluding carboxylic acids is 2. The third kappa shape index (κ3) is 7.97. The topological polar surface area (TPSA) is 84.0 Å². The molecule has 3 aromatic rings. The molecule has 1 unspecified atom stereocenters. The van der Waals surface area contributed by atoms with Crippen LogP contribution in [0.5, 0.6) is 5.75 Å². The van der Waals surface area contributed by atoms with Gasteiger partial charge in [0.2, 0.25) is 0 Å². The number of nitrogens with zero attached hydrogens (tertiary/aromatic N) is 2. The number of anilines is 1. The SMILES string of the molecule is CCC[CH2][Sn]([CH2]CCC)([CH2]CCC)[c]1ccc(CN2C(=O)C(=O)c3cc(S(=O)(=O)N4CCCC4COc4ccccc4)ccc32)cc1. The van der Waals surface area contributed by atoms with Crippen molar-refractivity contribution in [3.8, 4) is 5.75 Å². The van der Waals surface area contributed by atoms with E-state index < -0.39 is 40.1 Å². The van der Waals surface area contributed by atoms with Crippen molar-refractivity contribution in [2.24, 2.45) is 0 Å². The summed E-state index contributed by atoms with van der Waals surface area (Å²) >= 11 is -2.58. The standard InChI is InChI=1S/C26H23N2O5S.3C4H9.Sn/c29-25-23-16-22(13-14-24(23)27(26(25)30)17-19-8-3-1-4-9-19)34(31,32)28-15-7-10-20(28)18-33-21-11-5-2-6-12-21;3*1-3-4-2;/h2-6,8-9,11-14,16,20H,7,10,15,17-18H2;3*1,3-4H2,2H3;. The van der Waals surface area contributed by atoms with Crippen LogP contribution < -0.4 is 13.2 Å². The monoisotopic (exact) mass is 766 g/mol. The molecule has 9 heteroatoms. The van der Waals surface area contributed by atoms with Crippen LogP contribution in [0.25, 0.3) is 0 Å². The van der Waals surface area contributed by atoms with Gasteiger partial charge in [-0.15, -0.1) is 0 Å². The first kappa shape index (κ1) is 35.6. The first-order valence-electron chi connectivity index (χ1n) is 17.5. The van der Waals surface area contributed by atoms with E-state index in [4.69, 9.17) is 4.74 Å². The summed E-state index contributed by atoms with van der Waals surface area (Å²) in [6.07, 6.45) is 8.99. The van der Waals surface area contributed by atoms with Crippen LogP contribution in [0.2, 0.25) is 13.3 Å². The quantitative estimate of drug-likeness (QED) is 0.104. The Labute approximate surface area is 285 Å². The number of Topliss-reactive ketones (excluding diaryl/α,β-unsaturated/α-hetero) is 1. The van der Waals surface area contributed by atoms with Gasteiger partial charge < -0.3 is 4.74 Å². The number of amides is 1. The van der Waals surface area contributed by atoms with Gasteiger partial charge in [0.1, 0.15) is 12.4 Å². The molecule has 1 amide bonds. The molecule has 0 N–H and O–H groups in total. The van der Waals surface area contributed by atoms with Crippen LogP contribution in [0.3, 0.4) is 0 Å². The average molecular weight is 766 g/mol. The molecule has 0 saturated carbocycles. The molecule has 1 saturated heterocycles. The summed E-state index contributed by atoms with van der Waals surface area (Å²) in [6, 6.07) is 22.5. The van der Waals surface area contributed by atoms with Crippen LogP contribution in [0.1, 0.15) is 88.1 Å². The number of rotatable bonds is 17. The Morgan fingerprint density at radius 3 is 2.09 bits per heavy atom. The molecule has 2 aliphatic rings. The number of benzene rings is 3. The van der Waals surface area contributed by atoms with Crippen LogP contribution in [0.15, 0.2) is 77.7 Å². The second-order valence-corrected chi connectivity index (χ2v) is 28.4. The Hall–Kier alpha value is -2.69. The Kier molecular flexibility index (Phi) is 12.2. The van der Waals surface area contributed by atoms with Crippen molar-refractivity contribution in [2.75, 3.05) is 18.1 Å². The molecule has 0 radical (unpaired) electrons. The second-order valence-electron chi connectivity index (χ2n) is 13.2. The fraction of sp³-hybridized carbons (Fsp3) is 0.474. The number of carbonyl (C=O) groups is 2. The van der Waals surface area contributed by atoms with Crippen LogP contribution in [0, 0.1) is 0 Å². The molecule has 252 valence electrons. The van der Waals surface area contributed by atoms with Crippen LogP contribution >= 0.6 is 0 Å². The van der Waals surface area contributed by atoms with E-state index in [0.29, 0.717) is 24.4 Å². The molecular formula is C38H50N2O5SSn. The van der Waals surface area contributed by atoms with Crippen LogP contribution in [-0.4, -0.2) is 62.0 Å². The first-order valence-corrected chi connectivity index (χ1v) is 26.5. The van der Waals surface area contributed by atoms with Gasteiger partial charge in [-0.05, 0) is 25.0 Å². The fourth-order valence-electron chi connectivity index (χ4n) is 7.23. The van der Waals surface area contributed by atoms with Crippen LogP contribution in [-0.2, 0) is 21.4 Å². The summed E-state index contributed by atoms with van der Waals surface area (Å²) in [5.41, 5.74) is 1.59.